The second-order valence-corrected chi connectivity index (χ2v) is 7.28. The Kier molecular flexibility index (Phi) is 3.98. The summed E-state index contributed by atoms with van der Waals surface area (Å²) in [6.45, 7) is 2.55. The van der Waals surface area contributed by atoms with Gasteiger partial charge in [-0.2, -0.15) is 0 Å². The van der Waals surface area contributed by atoms with Gasteiger partial charge in [0.05, 0.1) is 27.4 Å². The monoisotopic (exact) mass is 333 g/mol. The Hall–Kier alpha value is -1.30. The maximum absolute atomic E-state index is 6.01. The third-order valence-corrected chi connectivity index (χ3v) is 6.31. The molecule has 0 amide bonds. The minimum Gasteiger partial charge on any atom is -0.493 e. The topological polar surface area (TPSA) is 40.2 Å². The lowest BCUT2D eigenvalue weighted by atomic mass is 9.64. The van der Waals surface area contributed by atoms with Gasteiger partial charge in [-0.25, -0.2) is 0 Å². The largest absolute Gasteiger partial charge is 0.493 e. The molecule has 2 atom stereocenters. The van der Waals surface area contributed by atoms with Crippen molar-refractivity contribution in [2.75, 3.05) is 41.0 Å². The van der Waals surface area contributed by atoms with E-state index in [4.69, 9.17) is 18.9 Å². The molecule has 2 heterocycles. The van der Waals surface area contributed by atoms with Crippen LogP contribution in [0.25, 0.3) is 0 Å². The number of ether oxygens (including phenoxy) is 4. The molecule has 5 heteroatoms. The van der Waals surface area contributed by atoms with Crippen LogP contribution in [0.3, 0.4) is 0 Å². The van der Waals surface area contributed by atoms with Gasteiger partial charge < -0.3 is 23.8 Å². The third-order valence-electron chi connectivity index (χ3n) is 6.31. The van der Waals surface area contributed by atoms with Crippen LogP contribution in [-0.2, 0) is 14.9 Å². The number of fused-ring (bicyclic) bond motifs is 1. The molecule has 1 spiro atoms. The Labute approximate surface area is 143 Å². The smallest absolute Gasteiger partial charge is 0.170 e. The van der Waals surface area contributed by atoms with E-state index >= 15 is 0 Å². The van der Waals surface area contributed by atoms with Crippen LogP contribution in [-0.4, -0.2) is 57.8 Å². The van der Waals surface area contributed by atoms with Crippen molar-refractivity contribution in [1.29, 1.82) is 0 Å². The Morgan fingerprint density at radius 1 is 1.04 bits per heavy atom. The number of methoxy groups -OCH3 is 2. The summed E-state index contributed by atoms with van der Waals surface area (Å²) < 4.78 is 23.0. The molecule has 24 heavy (non-hydrogen) atoms. The van der Waals surface area contributed by atoms with Gasteiger partial charge in [0.2, 0.25) is 0 Å². The molecule has 1 saturated carbocycles. The second-order valence-electron chi connectivity index (χ2n) is 7.28. The first kappa shape index (κ1) is 16.2. The molecule has 3 fully saturated rings. The summed E-state index contributed by atoms with van der Waals surface area (Å²) in [4.78, 5) is 2.47. The zero-order valence-corrected chi connectivity index (χ0v) is 14.8. The van der Waals surface area contributed by atoms with Crippen molar-refractivity contribution in [3.63, 3.8) is 0 Å². The van der Waals surface area contributed by atoms with Gasteiger partial charge in [0.1, 0.15) is 0 Å². The third kappa shape index (κ3) is 2.33. The van der Waals surface area contributed by atoms with Crippen molar-refractivity contribution in [2.24, 2.45) is 0 Å². The van der Waals surface area contributed by atoms with Crippen LogP contribution in [0.2, 0.25) is 0 Å². The Morgan fingerprint density at radius 3 is 2.50 bits per heavy atom. The van der Waals surface area contributed by atoms with Crippen LogP contribution in [0.1, 0.15) is 31.2 Å². The first-order chi connectivity index (χ1) is 11.6. The fourth-order valence-electron chi connectivity index (χ4n) is 4.96. The van der Waals surface area contributed by atoms with E-state index in [1.807, 2.05) is 6.07 Å². The number of hydrogen-bond acceptors (Lipinski definition) is 5. The molecule has 5 nitrogen and oxygen atoms in total. The first-order valence-electron chi connectivity index (χ1n) is 8.83. The molecule has 1 unspecified atom stereocenters. The van der Waals surface area contributed by atoms with Crippen molar-refractivity contribution in [3.05, 3.63) is 23.8 Å². The highest BCUT2D eigenvalue weighted by Gasteiger charge is 2.56. The van der Waals surface area contributed by atoms with Crippen LogP contribution in [0.4, 0.5) is 0 Å². The lowest BCUT2D eigenvalue weighted by Gasteiger charge is -2.47. The van der Waals surface area contributed by atoms with Gasteiger partial charge in [-0.3, -0.25) is 0 Å². The van der Waals surface area contributed by atoms with E-state index in [0.717, 1.165) is 50.5 Å². The zero-order valence-electron chi connectivity index (χ0n) is 14.8. The van der Waals surface area contributed by atoms with Gasteiger partial charge in [0, 0.05) is 24.3 Å². The van der Waals surface area contributed by atoms with E-state index < -0.39 is 0 Å². The quantitative estimate of drug-likeness (QED) is 0.850. The van der Waals surface area contributed by atoms with Crippen molar-refractivity contribution in [3.8, 4) is 11.5 Å². The number of likely N-dealkylation sites (N-methyl/N-ethyl adjacent to an activating group) is 1. The van der Waals surface area contributed by atoms with Gasteiger partial charge in [-0.15, -0.1) is 0 Å². The number of likely N-dealkylation sites (tertiary alicyclic amines) is 1. The summed E-state index contributed by atoms with van der Waals surface area (Å²) in [6, 6.07) is 6.84. The molecule has 0 N–H and O–H groups in total. The molecule has 1 aromatic carbocycles. The van der Waals surface area contributed by atoms with Crippen molar-refractivity contribution in [2.45, 2.75) is 42.9 Å². The lowest BCUT2D eigenvalue weighted by Crippen LogP contribution is -2.52. The predicted molar refractivity (Wildman–Crippen MR) is 90.7 cm³/mol. The molecule has 2 saturated heterocycles. The molecule has 0 radical (unpaired) electrons. The highest BCUT2D eigenvalue weighted by molar-refractivity contribution is 5.46. The van der Waals surface area contributed by atoms with Crippen LogP contribution in [0, 0.1) is 0 Å². The van der Waals surface area contributed by atoms with Crippen molar-refractivity contribution in [1.82, 2.24) is 4.90 Å². The van der Waals surface area contributed by atoms with Gasteiger partial charge in [-0.1, -0.05) is 6.07 Å². The summed E-state index contributed by atoms with van der Waals surface area (Å²) in [5, 5.41) is 0. The molecular weight excluding hydrogens is 306 g/mol. The maximum atomic E-state index is 6.01. The van der Waals surface area contributed by atoms with Gasteiger partial charge in [0.25, 0.3) is 0 Å². The van der Waals surface area contributed by atoms with E-state index in [2.05, 4.69) is 24.1 Å². The molecule has 0 bridgehead atoms. The Balaban J connectivity index is 1.70. The van der Waals surface area contributed by atoms with Crippen molar-refractivity contribution < 1.29 is 18.9 Å². The average molecular weight is 333 g/mol. The highest BCUT2D eigenvalue weighted by atomic mass is 16.7. The fourth-order valence-corrected chi connectivity index (χ4v) is 4.96. The summed E-state index contributed by atoms with van der Waals surface area (Å²) in [5.41, 5.74) is 1.50. The lowest BCUT2D eigenvalue weighted by molar-refractivity contribution is -0.194. The highest BCUT2D eigenvalue weighted by Crippen LogP contribution is 2.53. The molecule has 3 aliphatic rings. The number of nitrogens with zero attached hydrogens (tertiary/aromatic N) is 1. The van der Waals surface area contributed by atoms with E-state index in [1.165, 1.54) is 12.0 Å². The van der Waals surface area contributed by atoms with Gasteiger partial charge in [-0.05, 0) is 44.1 Å². The van der Waals surface area contributed by atoms with Crippen LogP contribution >= 0.6 is 0 Å². The molecule has 1 aliphatic carbocycles. The summed E-state index contributed by atoms with van der Waals surface area (Å²) >= 11 is 0. The second kappa shape index (κ2) is 5.90. The van der Waals surface area contributed by atoms with E-state index in [9.17, 15) is 0 Å². The fraction of sp³-hybridized carbons (Fsp3) is 0.684. The molecule has 1 aromatic rings. The van der Waals surface area contributed by atoms with Crippen LogP contribution in [0.5, 0.6) is 11.5 Å². The van der Waals surface area contributed by atoms with E-state index in [1.54, 1.807) is 14.2 Å². The van der Waals surface area contributed by atoms with Gasteiger partial charge >= 0.3 is 0 Å². The number of rotatable bonds is 3. The van der Waals surface area contributed by atoms with E-state index in [0.29, 0.717) is 6.04 Å². The Morgan fingerprint density at radius 2 is 1.79 bits per heavy atom. The van der Waals surface area contributed by atoms with Crippen LogP contribution in [0.15, 0.2) is 18.2 Å². The Bertz CT molecular complexity index is 613. The zero-order chi connectivity index (χ0) is 16.8. The minimum atomic E-state index is -0.358. The number of benzene rings is 1. The van der Waals surface area contributed by atoms with E-state index in [-0.39, 0.29) is 11.2 Å². The SMILES string of the molecule is COc1ccc(C23CCN(C)[C@H]2CC2(CC3)OCCO2)cc1OC. The van der Waals surface area contributed by atoms with Crippen LogP contribution < -0.4 is 9.47 Å². The molecule has 0 aromatic heterocycles. The normalized spacial score (nSPS) is 32.0. The number of hydrogen-bond donors (Lipinski definition) is 0. The van der Waals surface area contributed by atoms with Gasteiger partial charge in [0.15, 0.2) is 17.3 Å². The summed E-state index contributed by atoms with van der Waals surface area (Å²) in [7, 11) is 5.61. The summed E-state index contributed by atoms with van der Waals surface area (Å²) in [6.07, 6.45) is 4.15. The minimum absolute atomic E-state index is 0.148. The molecular formula is C19H27NO4. The maximum Gasteiger partial charge on any atom is 0.170 e. The summed E-state index contributed by atoms with van der Waals surface area (Å²) in [5.74, 6) is 1.24. The first-order valence-corrected chi connectivity index (χ1v) is 8.83. The molecule has 132 valence electrons. The standard InChI is InChI=1S/C19H27NO4/c1-20-9-8-18(14-4-5-15(21-2)16(12-14)22-3)6-7-19(13-17(18)20)23-10-11-24-19/h4-5,12,17H,6-11,13H2,1-3H3/t17-,18?/m0/s1. The molecule has 4 rings (SSSR count). The predicted octanol–water partition coefficient (Wildman–Crippen LogP) is 2.57. The molecule has 2 aliphatic heterocycles. The van der Waals surface area contributed by atoms with Crippen molar-refractivity contribution >= 4 is 0 Å². The average Bonchev–Trinajstić information content (AvgIpc) is 3.21.